The molecule has 2 bridgehead atoms. The Labute approximate surface area is 189 Å². The molecule has 4 rings (SSSR count). The quantitative estimate of drug-likeness (QED) is 0.295. The zero-order valence-electron chi connectivity index (χ0n) is 17.9. The van der Waals surface area contributed by atoms with E-state index in [1.807, 2.05) is 0 Å². The number of piperidine rings is 1. The molecule has 0 unspecified atom stereocenters. The van der Waals surface area contributed by atoms with Gasteiger partial charge in [-0.1, -0.05) is 0 Å². The fraction of sp³-hybridized carbons (Fsp3) is 0.737. The molecule has 12 nitrogen and oxygen atoms in total. The minimum Gasteiger partial charge on any atom is -0.394 e. The van der Waals surface area contributed by atoms with E-state index in [1.165, 1.54) is 6.92 Å². The third-order valence-corrected chi connectivity index (χ3v) is 6.82. The van der Waals surface area contributed by atoms with Gasteiger partial charge < -0.3 is 34.8 Å². The fourth-order valence-electron chi connectivity index (χ4n) is 5.18. The molecule has 15 heteroatoms. The highest BCUT2D eigenvalue weighted by Crippen LogP contribution is 2.51. The van der Waals surface area contributed by atoms with Gasteiger partial charge in [0.1, 0.15) is 17.8 Å². The van der Waals surface area contributed by atoms with Crippen molar-refractivity contribution in [2.75, 3.05) is 26.3 Å². The van der Waals surface area contributed by atoms with Crippen molar-refractivity contribution in [1.29, 1.82) is 0 Å². The molecule has 1 aromatic heterocycles. The molecule has 0 spiro atoms. The van der Waals surface area contributed by atoms with Crippen molar-refractivity contribution >= 4 is 5.91 Å². The molecule has 0 radical (unpaired) electrons. The molecule has 7 atom stereocenters. The summed E-state index contributed by atoms with van der Waals surface area (Å²) in [5.74, 6) is -3.49. The van der Waals surface area contributed by atoms with Crippen molar-refractivity contribution in [2.45, 2.75) is 55.3 Å². The molecule has 3 fully saturated rings. The maximum Gasteiger partial charge on any atom is 0.471 e. The number of rotatable bonds is 4. The van der Waals surface area contributed by atoms with E-state index in [9.17, 15) is 48.0 Å². The van der Waals surface area contributed by atoms with Gasteiger partial charge in [0, 0.05) is 30.6 Å². The Hall–Kier alpha value is -2.30. The number of H-pyrrole nitrogens is 1. The lowest BCUT2D eigenvalue weighted by atomic mass is 9.80. The number of nitrogens with zero attached hydrogens (tertiary/aromatic N) is 2. The predicted octanol–water partition coefficient (Wildman–Crippen LogP) is -2.85. The minimum absolute atomic E-state index is 0.0526. The summed E-state index contributed by atoms with van der Waals surface area (Å²) in [7, 11) is 0. The Morgan fingerprint density at radius 2 is 1.94 bits per heavy atom. The number of hydrogen-bond donors (Lipinski definition) is 5. The normalized spacial score (nSPS) is 37.9. The highest BCUT2D eigenvalue weighted by Gasteiger charge is 2.68. The molecule has 1 aromatic rings. The van der Waals surface area contributed by atoms with E-state index in [4.69, 9.17) is 9.47 Å². The summed E-state index contributed by atoms with van der Waals surface area (Å²) in [6.07, 6.45) is -10.1. The molecule has 34 heavy (non-hydrogen) atoms. The highest BCUT2D eigenvalue weighted by atomic mass is 19.4. The minimum atomic E-state index is -5.22. The van der Waals surface area contributed by atoms with Crippen molar-refractivity contribution in [3.05, 3.63) is 32.6 Å². The van der Waals surface area contributed by atoms with Crippen LogP contribution in [-0.2, 0) is 20.0 Å². The van der Waals surface area contributed by atoms with Gasteiger partial charge in [-0.25, -0.2) is 4.79 Å². The molecule has 3 saturated heterocycles. The molecular weight excluding hydrogens is 471 g/mol. The summed E-state index contributed by atoms with van der Waals surface area (Å²) in [6.45, 7) is -1.74. The molecule has 1 amide bonds. The van der Waals surface area contributed by atoms with Crippen LogP contribution >= 0.6 is 0 Å². The van der Waals surface area contributed by atoms with Crippen molar-refractivity contribution in [2.24, 2.45) is 5.92 Å². The van der Waals surface area contributed by atoms with Crippen LogP contribution in [0.25, 0.3) is 0 Å². The monoisotopic (exact) mass is 495 g/mol. The average molecular weight is 495 g/mol. The van der Waals surface area contributed by atoms with Crippen LogP contribution < -0.4 is 11.2 Å². The third kappa shape index (κ3) is 3.58. The molecule has 3 aliphatic rings. The number of amides is 1. The van der Waals surface area contributed by atoms with Crippen molar-refractivity contribution in [3.8, 4) is 0 Å². The van der Waals surface area contributed by atoms with Crippen molar-refractivity contribution < 1.29 is 47.9 Å². The van der Waals surface area contributed by atoms with Crippen LogP contribution in [0.4, 0.5) is 13.2 Å². The summed E-state index contributed by atoms with van der Waals surface area (Å²) in [6, 6.07) is 0. The summed E-state index contributed by atoms with van der Waals surface area (Å²) in [5.41, 5.74) is -5.69. The fourth-order valence-corrected chi connectivity index (χ4v) is 5.18. The number of aliphatic hydroxyl groups excluding tert-OH is 4. The molecule has 0 aliphatic carbocycles. The van der Waals surface area contributed by atoms with Gasteiger partial charge >= 0.3 is 17.8 Å². The number of aliphatic hydroxyl groups is 4. The number of aromatic nitrogens is 2. The molecular formula is C19H24F3N3O9. The van der Waals surface area contributed by atoms with Crippen LogP contribution in [0.5, 0.6) is 0 Å². The van der Waals surface area contributed by atoms with Crippen LogP contribution in [0.3, 0.4) is 0 Å². The largest absolute Gasteiger partial charge is 0.471 e. The maximum absolute atomic E-state index is 13.1. The van der Waals surface area contributed by atoms with Crippen LogP contribution in [0, 0.1) is 12.8 Å². The first-order valence-electron chi connectivity index (χ1n) is 10.4. The predicted molar refractivity (Wildman–Crippen MR) is 103 cm³/mol. The zero-order valence-corrected chi connectivity index (χ0v) is 17.9. The van der Waals surface area contributed by atoms with E-state index in [0.717, 1.165) is 10.8 Å². The molecule has 3 aliphatic heterocycles. The van der Waals surface area contributed by atoms with E-state index in [1.54, 1.807) is 0 Å². The number of likely N-dealkylation sites (tertiary alicyclic amines) is 1. The summed E-state index contributed by atoms with van der Waals surface area (Å²) >= 11 is 0. The first-order valence-corrected chi connectivity index (χ1v) is 10.4. The maximum atomic E-state index is 13.1. The Kier molecular flexibility index (Phi) is 5.94. The number of aromatic amines is 1. The Morgan fingerprint density at radius 1 is 1.26 bits per heavy atom. The zero-order chi connectivity index (χ0) is 25.2. The lowest BCUT2D eigenvalue weighted by Crippen LogP contribution is -2.62. The van der Waals surface area contributed by atoms with E-state index >= 15 is 0 Å². The van der Waals surface area contributed by atoms with Crippen LogP contribution in [-0.4, -0.2) is 103 Å². The van der Waals surface area contributed by atoms with Crippen molar-refractivity contribution in [3.63, 3.8) is 0 Å². The highest BCUT2D eigenvalue weighted by molar-refractivity contribution is 5.82. The number of halogens is 3. The Bertz CT molecular complexity index is 1090. The van der Waals surface area contributed by atoms with Gasteiger partial charge in [-0.15, -0.1) is 0 Å². The number of fused-ring (bicyclic) bond motifs is 2. The number of hydrogen-bond acceptors (Lipinski definition) is 9. The van der Waals surface area contributed by atoms with Gasteiger partial charge in [-0.3, -0.25) is 19.1 Å². The topological polar surface area (TPSA) is 175 Å². The second kappa shape index (κ2) is 8.13. The molecule has 0 saturated carbocycles. The SMILES string of the molecule is Cc1cn([C@@]2([C@@H]3O[C@@]4(CO)CN(C(=O)C(F)(F)F)C[C@@H]3[C@@H]4O)C[C@H](O)[C@@H](CO)O2)c(=O)[nH]c1=O. The number of alkyl halides is 3. The Morgan fingerprint density at radius 3 is 2.50 bits per heavy atom. The molecule has 5 N–H and O–H groups in total. The second-order valence-corrected chi connectivity index (χ2v) is 8.95. The molecule has 4 heterocycles. The summed E-state index contributed by atoms with van der Waals surface area (Å²) in [4.78, 5) is 39.1. The van der Waals surface area contributed by atoms with Gasteiger partial charge in [-0.05, 0) is 6.92 Å². The first kappa shape index (κ1) is 24.8. The van der Waals surface area contributed by atoms with Crippen LogP contribution in [0.2, 0.25) is 0 Å². The van der Waals surface area contributed by atoms with Crippen LogP contribution in [0.1, 0.15) is 12.0 Å². The lowest BCUT2D eigenvalue weighted by Gasteiger charge is -2.41. The summed E-state index contributed by atoms with van der Waals surface area (Å²) < 4.78 is 52.1. The first-order chi connectivity index (χ1) is 15.8. The van der Waals surface area contributed by atoms with Gasteiger partial charge in [0.05, 0.1) is 32.0 Å². The average Bonchev–Trinajstić information content (AvgIpc) is 3.17. The van der Waals surface area contributed by atoms with Crippen molar-refractivity contribution in [1.82, 2.24) is 14.5 Å². The second-order valence-electron chi connectivity index (χ2n) is 8.95. The van der Waals surface area contributed by atoms with E-state index in [2.05, 4.69) is 4.98 Å². The van der Waals surface area contributed by atoms with E-state index < -0.39 is 97.7 Å². The standard InChI is InChI=1S/C19H24F3N3O9/c1-8-3-25(16(32)23-14(8)30)18(2-10(28)11(5-26)33-18)13-9-4-24(15(31)19(20,21)22)6-17(7-27,34-13)12(9)29/h3,9-13,26-29H,2,4-7H2,1H3,(H,23,30,32)/t9-,10+,11-,12+,13-,17-,18+/m1/s1. The number of carbonyl (C=O) groups is 1. The number of nitrogens with one attached hydrogen (secondary N) is 1. The van der Waals surface area contributed by atoms with Gasteiger partial charge in [-0.2, -0.15) is 13.2 Å². The van der Waals surface area contributed by atoms with E-state index in [-0.39, 0.29) is 5.56 Å². The van der Waals surface area contributed by atoms with E-state index in [0.29, 0.717) is 4.90 Å². The van der Waals surface area contributed by atoms with Gasteiger partial charge in [0.2, 0.25) is 0 Å². The number of carbonyl (C=O) groups excluding carboxylic acids is 1. The van der Waals surface area contributed by atoms with Crippen LogP contribution in [0.15, 0.2) is 15.8 Å². The van der Waals surface area contributed by atoms with Gasteiger partial charge in [0.15, 0.2) is 5.72 Å². The van der Waals surface area contributed by atoms with Gasteiger partial charge in [0.25, 0.3) is 5.56 Å². The number of ether oxygens (including phenoxy) is 2. The smallest absolute Gasteiger partial charge is 0.394 e. The lowest BCUT2D eigenvalue weighted by molar-refractivity contribution is -0.217. The molecule has 190 valence electrons. The molecule has 0 aromatic carbocycles. The summed E-state index contributed by atoms with van der Waals surface area (Å²) in [5, 5.41) is 41.0. The third-order valence-electron chi connectivity index (χ3n) is 6.82. The Balaban J connectivity index is 1.85. The number of aryl methyl sites for hydroxylation is 1.